The predicted octanol–water partition coefficient (Wildman–Crippen LogP) is 5.61. The van der Waals surface area contributed by atoms with Crippen molar-refractivity contribution in [2.45, 2.75) is 92.7 Å². The van der Waals surface area contributed by atoms with Crippen molar-refractivity contribution in [3.8, 4) is 0 Å². The Hall–Kier alpha value is -2.22. The van der Waals surface area contributed by atoms with Crippen LogP contribution < -0.4 is 4.90 Å². The van der Waals surface area contributed by atoms with E-state index in [4.69, 9.17) is 38.2 Å². The molecule has 0 fully saturated rings. The molecule has 2 aromatic heterocycles. The van der Waals surface area contributed by atoms with Crippen LogP contribution in [0.2, 0.25) is 17.1 Å². The standard InChI is InChI=1S/C30H52ClN7O6Si2/c1-7-39-45(40-8-2,41-9-3)21-13-19-37-25-28(32-34-37)23-36(30-17-15-27(31)16-18-30)24-29-26-38(35-33-29)20-14-22-46(42-10-4,43-11-5)44-12-6/h15-18,25-26H,7-14,19-24H2,1-6H3. The van der Waals surface area contributed by atoms with Crippen LogP contribution in [-0.2, 0) is 52.7 Å². The highest BCUT2D eigenvalue weighted by Crippen LogP contribution is 2.23. The first-order valence-corrected chi connectivity index (χ1v) is 20.7. The lowest BCUT2D eigenvalue weighted by Gasteiger charge is -2.28. The van der Waals surface area contributed by atoms with E-state index in [9.17, 15) is 0 Å². The van der Waals surface area contributed by atoms with E-state index in [0.29, 0.717) is 70.8 Å². The van der Waals surface area contributed by atoms with Gasteiger partial charge in [-0.25, -0.2) is 0 Å². The van der Waals surface area contributed by atoms with Gasteiger partial charge in [-0.2, -0.15) is 0 Å². The molecule has 46 heavy (non-hydrogen) atoms. The van der Waals surface area contributed by atoms with Crippen molar-refractivity contribution in [3.63, 3.8) is 0 Å². The summed E-state index contributed by atoms with van der Waals surface area (Å²) in [6.07, 6.45) is 5.58. The van der Waals surface area contributed by atoms with Gasteiger partial charge in [0.05, 0.1) is 25.5 Å². The van der Waals surface area contributed by atoms with Crippen LogP contribution in [0.25, 0.3) is 0 Å². The molecule has 13 nitrogen and oxygen atoms in total. The highest BCUT2D eigenvalue weighted by Gasteiger charge is 2.40. The molecular formula is C30H52ClN7O6Si2. The number of hydrogen-bond acceptors (Lipinski definition) is 11. The van der Waals surface area contributed by atoms with Crippen LogP contribution in [0.3, 0.4) is 0 Å². The van der Waals surface area contributed by atoms with Crippen molar-refractivity contribution in [1.82, 2.24) is 30.0 Å². The van der Waals surface area contributed by atoms with Gasteiger partial charge < -0.3 is 31.5 Å². The van der Waals surface area contributed by atoms with Gasteiger partial charge in [-0.15, -0.1) is 10.2 Å². The third-order valence-corrected chi connectivity index (χ3v) is 13.6. The number of hydrogen-bond donors (Lipinski definition) is 0. The van der Waals surface area contributed by atoms with Gasteiger partial charge in [0, 0.05) is 75.5 Å². The molecule has 0 amide bonds. The molecule has 2 heterocycles. The highest BCUT2D eigenvalue weighted by atomic mass is 35.5. The summed E-state index contributed by atoms with van der Waals surface area (Å²) in [4.78, 5) is 2.19. The van der Waals surface area contributed by atoms with Crippen molar-refractivity contribution in [3.05, 3.63) is 53.1 Å². The first-order valence-electron chi connectivity index (χ1n) is 16.5. The van der Waals surface area contributed by atoms with Gasteiger partial charge in [0.15, 0.2) is 0 Å². The van der Waals surface area contributed by atoms with E-state index in [-0.39, 0.29) is 0 Å². The monoisotopic (exact) mass is 697 g/mol. The Morgan fingerprint density at radius 1 is 0.609 bits per heavy atom. The normalized spacial score (nSPS) is 12.2. The number of aromatic nitrogens is 6. The molecular weight excluding hydrogens is 646 g/mol. The number of benzene rings is 1. The molecule has 3 aromatic rings. The Morgan fingerprint density at radius 3 is 1.33 bits per heavy atom. The van der Waals surface area contributed by atoms with E-state index in [1.165, 1.54) is 0 Å². The van der Waals surface area contributed by atoms with E-state index in [2.05, 4.69) is 25.5 Å². The van der Waals surface area contributed by atoms with E-state index in [1.54, 1.807) is 0 Å². The summed E-state index contributed by atoms with van der Waals surface area (Å²) in [6.45, 7) is 17.6. The van der Waals surface area contributed by atoms with E-state index >= 15 is 0 Å². The lowest BCUT2D eigenvalue weighted by Crippen LogP contribution is -2.46. The number of halogens is 1. The zero-order valence-electron chi connectivity index (χ0n) is 28.3. The van der Waals surface area contributed by atoms with Gasteiger partial charge >= 0.3 is 17.6 Å². The van der Waals surface area contributed by atoms with E-state index in [1.807, 2.05) is 87.6 Å². The second-order valence-corrected chi connectivity index (χ2v) is 16.4. The molecule has 0 N–H and O–H groups in total. The SMILES string of the molecule is CCO[Si](CCCn1cc(CN(Cc2cn(CCC[Si](OCC)(OCC)OCC)nn2)c2ccc(Cl)cc2)nn1)(OCC)OCC. The number of anilines is 1. The maximum atomic E-state index is 6.21. The van der Waals surface area contributed by atoms with Crippen LogP contribution in [-0.4, -0.2) is 87.2 Å². The topological polar surface area (TPSA) is 120 Å². The second-order valence-electron chi connectivity index (χ2n) is 10.4. The maximum absolute atomic E-state index is 6.21. The van der Waals surface area contributed by atoms with Gasteiger partial charge in [0.2, 0.25) is 0 Å². The zero-order valence-corrected chi connectivity index (χ0v) is 31.1. The van der Waals surface area contributed by atoms with Gasteiger partial charge in [-0.05, 0) is 78.6 Å². The van der Waals surface area contributed by atoms with Crippen molar-refractivity contribution < 1.29 is 26.6 Å². The van der Waals surface area contributed by atoms with Crippen molar-refractivity contribution in [2.24, 2.45) is 0 Å². The summed E-state index contributed by atoms with van der Waals surface area (Å²) < 4.78 is 39.7. The van der Waals surface area contributed by atoms with Crippen LogP contribution >= 0.6 is 11.6 Å². The Bertz CT molecular complexity index is 1150. The second kappa shape index (κ2) is 20.2. The average molecular weight is 698 g/mol. The Labute approximate surface area is 281 Å². The highest BCUT2D eigenvalue weighted by molar-refractivity contribution is 6.61. The fourth-order valence-electron chi connectivity index (χ4n) is 5.24. The van der Waals surface area contributed by atoms with Crippen LogP contribution in [0.4, 0.5) is 5.69 Å². The van der Waals surface area contributed by atoms with E-state index in [0.717, 1.165) is 42.0 Å². The van der Waals surface area contributed by atoms with E-state index < -0.39 is 17.6 Å². The Balaban J connectivity index is 1.64. The fourth-order valence-corrected chi connectivity index (χ4v) is 10.6. The van der Waals surface area contributed by atoms with Crippen molar-refractivity contribution in [2.75, 3.05) is 44.5 Å². The number of rotatable bonds is 25. The molecule has 0 atom stereocenters. The quantitative estimate of drug-likeness (QED) is 0.103. The average Bonchev–Trinajstić information content (AvgIpc) is 3.67. The molecule has 1 aromatic carbocycles. The summed E-state index contributed by atoms with van der Waals surface area (Å²) >= 11 is 6.21. The van der Waals surface area contributed by atoms with Gasteiger partial charge in [0.25, 0.3) is 0 Å². The molecule has 0 unspecified atom stereocenters. The molecule has 16 heteroatoms. The van der Waals surface area contributed by atoms with Crippen molar-refractivity contribution in [1.29, 1.82) is 0 Å². The molecule has 0 aliphatic rings. The summed E-state index contributed by atoms with van der Waals surface area (Å²) in [5.41, 5.74) is 2.68. The third kappa shape index (κ3) is 12.1. The Morgan fingerprint density at radius 2 is 0.978 bits per heavy atom. The van der Waals surface area contributed by atoms with Gasteiger partial charge in [-0.1, -0.05) is 22.0 Å². The first-order chi connectivity index (χ1) is 22.3. The third-order valence-electron chi connectivity index (χ3n) is 7.00. The minimum absolute atomic E-state index is 0.537. The molecule has 0 aliphatic heterocycles. The maximum Gasteiger partial charge on any atom is 0.500 e. The van der Waals surface area contributed by atoms with Crippen LogP contribution in [0, 0.1) is 0 Å². The molecule has 3 rings (SSSR count). The Kier molecular flexibility index (Phi) is 16.8. The lowest BCUT2D eigenvalue weighted by atomic mass is 10.2. The molecule has 0 saturated heterocycles. The van der Waals surface area contributed by atoms with Crippen LogP contribution in [0.15, 0.2) is 36.7 Å². The minimum Gasteiger partial charge on any atom is -0.374 e. The molecule has 0 bridgehead atoms. The largest absolute Gasteiger partial charge is 0.500 e. The van der Waals surface area contributed by atoms with Gasteiger partial charge in [-0.3, -0.25) is 9.36 Å². The molecule has 0 aliphatic carbocycles. The van der Waals surface area contributed by atoms with Crippen molar-refractivity contribution >= 4 is 34.9 Å². The minimum atomic E-state index is -2.70. The summed E-state index contributed by atoms with van der Waals surface area (Å²) in [5, 5.41) is 18.4. The van der Waals surface area contributed by atoms with Gasteiger partial charge in [0.1, 0.15) is 11.4 Å². The molecule has 0 radical (unpaired) electrons. The summed E-state index contributed by atoms with van der Waals surface area (Å²) in [6, 6.07) is 9.20. The lowest BCUT2D eigenvalue weighted by molar-refractivity contribution is 0.0696. The summed E-state index contributed by atoms with van der Waals surface area (Å²) in [7, 11) is -5.40. The number of aryl methyl sites for hydroxylation is 2. The molecule has 258 valence electrons. The first kappa shape index (κ1) is 38.2. The zero-order chi connectivity index (χ0) is 33.3. The van der Waals surface area contributed by atoms with Crippen LogP contribution in [0.1, 0.15) is 65.8 Å². The fraction of sp³-hybridized carbons (Fsp3) is 0.667. The number of nitrogens with zero attached hydrogens (tertiary/aromatic N) is 7. The molecule has 0 saturated carbocycles. The predicted molar refractivity (Wildman–Crippen MR) is 181 cm³/mol. The smallest absolute Gasteiger partial charge is 0.374 e. The van der Waals surface area contributed by atoms with Crippen LogP contribution in [0.5, 0.6) is 0 Å². The summed E-state index contributed by atoms with van der Waals surface area (Å²) in [5.74, 6) is 0. The molecule has 0 spiro atoms.